The van der Waals surface area contributed by atoms with Gasteiger partial charge in [0.15, 0.2) is 0 Å². The van der Waals surface area contributed by atoms with E-state index in [4.69, 9.17) is 5.11 Å². The van der Waals surface area contributed by atoms with Crippen molar-refractivity contribution in [3.8, 4) is 11.8 Å². The van der Waals surface area contributed by atoms with Gasteiger partial charge < -0.3 is 5.11 Å². The first-order valence-corrected chi connectivity index (χ1v) is 6.71. The predicted octanol–water partition coefficient (Wildman–Crippen LogP) is 1.24. The Morgan fingerprint density at radius 2 is 2.00 bits per heavy atom. The van der Waals surface area contributed by atoms with Crippen LogP contribution in [-0.4, -0.2) is 23.5 Å². The number of fused-ring (bicyclic) bond motifs is 1. The fraction of sp³-hybridized carbons (Fsp3) is 0.375. The molecule has 2 aliphatic rings. The summed E-state index contributed by atoms with van der Waals surface area (Å²) in [6.07, 6.45) is 1.12. The summed E-state index contributed by atoms with van der Waals surface area (Å²) in [6.45, 7) is 1.91. The maximum absolute atomic E-state index is 12.1. The molecular formula is C16H15NO3. The molecule has 1 heterocycles. The normalized spacial score (nSPS) is 23.4. The van der Waals surface area contributed by atoms with Crippen LogP contribution in [0.3, 0.4) is 0 Å². The van der Waals surface area contributed by atoms with E-state index in [0.717, 1.165) is 11.1 Å². The summed E-state index contributed by atoms with van der Waals surface area (Å²) in [5.41, 5.74) is 2.28. The number of aliphatic hydroxyl groups excluding tert-OH is 1. The largest absolute Gasteiger partial charge is 0.395 e. The van der Waals surface area contributed by atoms with Gasteiger partial charge in [0.25, 0.3) is 0 Å². The topological polar surface area (TPSA) is 57.6 Å². The number of hydrogen-bond donors (Lipinski definition) is 1. The van der Waals surface area contributed by atoms with Gasteiger partial charge in [-0.1, -0.05) is 17.9 Å². The second kappa shape index (κ2) is 4.77. The first kappa shape index (κ1) is 12.9. The number of nitrogens with zero attached hydrogens (tertiary/aromatic N) is 1. The number of carbonyl (C=O) groups is 2. The quantitative estimate of drug-likeness (QED) is 0.649. The Balaban J connectivity index is 1.93. The molecule has 1 aliphatic heterocycles. The summed E-state index contributed by atoms with van der Waals surface area (Å²) in [4.78, 5) is 25.5. The maximum atomic E-state index is 12.1. The summed E-state index contributed by atoms with van der Waals surface area (Å²) in [6, 6.07) is 5.50. The third-order valence-corrected chi connectivity index (χ3v) is 3.79. The van der Waals surface area contributed by atoms with E-state index < -0.39 is 0 Å². The molecule has 0 aromatic heterocycles. The summed E-state index contributed by atoms with van der Waals surface area (Å²) in [7, 11) is 0. The average molecular weight is 269 g/mol. The molecule has 1 saturated heterocycles. The fourth-order valence-electron chi connectivity index (χ4n) is 2.57. The van der Waals surface area contributed by atoms with E-state index in [0.29, 0.717) is 18.5 Å². The number of rotatable bonds is 2. The first-order chi connectivity index (χ1) is 9.63. The van der Waals surface area contributed by atoms with Gasteiger partial charge in [0.05, 0.1) is 24.1 Å². The smallest absolute Gasteiger partial charge is 0.237 e. The van der Waals surface area contributed by atoms with Crippen molar-refractivity contribution in [2.24, 2.45) is 11.8 Å². The van der Waals surface area contributed by atoms with Crippen molar-refractivity contribution in [1.82, 2.24) is 0 Å². The van der Waals surface area contributed by atoms with Crippen molar-refractivity contribution in [2.75, 3.05) is 11.5 Å². The van der Waals surface area contributed by atoms with Crippen LogP contribution in [0.25, 0.3) is 0 Å². The van der Waals surface area contributed by atoms with Crippen molar-refractivity contribution in [3.63, 3.8) is 0 Å². The summed E-state index contributed by atoms with van der Waals surface area (Å²) < 4.78 is 0. The molecule has 0 radical (unpaired) electrons. The van der Waals surface area contributed by atoms with Gasteiger partial charge >= 0.3 is 0 Å². The molecule has 0 bridgehead atoms. The standard InChI is InChI=1S/C16H15NO3/c1-10-5-6-11(4-2-3-7-18)8-14(10)17-15(19)12-9-13(12)16(17)20/h5-6,8,12-13,18H,3,7,9H2,1H3. The molecule has 2 fully saturated rings. The van der Waals surface area contributed by atoms with Crippen molar-refractivity contribution in [1.29, 1.82) is 0 Å². The van der Waals surface area contributed by atoms with E-state index in [2.05, 4.69) is 11.8 Å². The highest BCUT2D eigenvalue weighted by atomic mass is 16.2. The molecule has 4 nitrogen and oxygen atoms in total. The zero-order valence-electron chi connectivity index (χ0n) is 11.2. The minimum atomic E-state index is -0.0916. The Bertz CT molecular complexity index is 633. The highest BCUT2D eigenvalue weighted by Crippen LogP contribution is 2.48. The molecule has 102 valence electrons. The van der Waals surface area contributed by atoms with Crippen LogP contribution in [0.4, 0.5) is 5.69 Å². The zero-order valence-corrected chi connectivity index (χ0v) is 11.2. The van der Waals surface area contributed by atoms with Crippen LogP contribution < -0.4 is 4.90 Å². The molecule has 2 unspecified atom stereocenters. The van der Waals surface area contributed by atoms with E-state index in [1.54, 1.807) is 6.07 Å². The highest BCUT2D eigenvalue weighted by molar-refractivity contribution is 6.25. The summed E-state index contributed by atoms with van der Waals surface area (Å²) in [5.74, 6) is 5.43. The molecule has 1 aromatic carbocycles. The van der Waals surface area contributed by atoms with E-state index >= 15 is 0 Å². The molecule has 1 N–H and O–H groups in total. The Kier molecular flexibility index (Phi) is 3.07. The van der Waals surface area contributed by atoms with Crippen LogP contribution in [0.5, 0.6) is 0 Å². The minimum Gasteiger partial charge on any atom is -0.395 e. The number of benzene rings is 1. The number of aryl methyl sites for hydroxylation is 1. The molecule has 1 aromatic rings. The molecule has 2 atom stereocenters. The third kappa shape index (κ3) is 2.00. The van der Waals surface area contributed by atoms with Crippen LogP contribution in [0, 0.1) is 30.6 Å². The van der Waals surface area contributed by atoms with Gasteiger partial charge in [-0.25, -0.2) is 4.90 Å². The Morgan fingerprint density at radius 3 is 2.65 bits per heavy atom. The first-order valence-electron chi connectivity index (χ1n) is 6.71. The van der Waals surface area contributed by atoms with Crippen molar-refractivity contribution in [2.45, 2.75) is 19.8 Å². The van der Waals surface area contributed by atoms with Gasteiger partial charge in [-0.3, -0.25) is 9.59 Å². The molecule has 4 heteroatoms. The van der Waals surface area contributed by atoms with Crippen molar-refractivity contribution >= 4 is 17.5 Å². The van der Waals surface area contributed by atoms with Gasteiger partial charge in [-0.05, 0) is 31.0 Å². The number of piperidine rings is 1. The Labute approximate surface area is 117 Å². The number of amides is 2. The number of aliphatic hydroxyl groups is 1. The third-order valence-electron chi connectivity index (χ3n) is 3.79. The fourth-order valence-corrected chi connectivity index (χ4v) is 2.57. The zero-order chi connectivity index (χ0) is 14.3. The highest BCUT2D eigenvalue weighted by Gasteiger charge is 2.59. The Morgan fingerprint density at radius 1 is 1.30 bits per heavy atom. The van der Waals surface area contributed by atoms with E-state index in [9.17, 15) is 9.59 Å². The van der Waals surface area contributed by atoms with Gasteiger partial charge in [-0.2, -0.15) is 0 Å². The second-order valence-electron chi connectivity index (χ2n) is 5.24. The number of anilines is 1. The molecule has 20 heavy (non-hydrogen) atoms. The van der Waals surface area contributed by atoms with Crippen LogP contribution in [0.2, 0.25) is 0 Å². The lowest BCUT2D eigenvalue weighted by Gasteiger charge is -2.19. The molecule has 0 spiro atoms. The monoisotopic (exact) mass is 269 g/mol. The molecular weight excluding hydrogens is 254 g/mol. The molecule has 1 saturated carbocycles. The number of hydrogen-bond acceptors (Lipinski definition) is 3. The van der Waals surface area contributed by atoms with E-state index in [-0.39, 0.29) is 30.3 Å². The van der Waals surface area contributed by atoms with Gasteiger partial charge in [-0.15, -0.1) is 0 Å². The van der Waals surface area contributed by atoms with Gasteiger partial charge in [0.1, 0.15) is 0 Å². The SMILES string of the molecule is Cc1ccc(C#CCCO)cc1N1C(=O)C2CC2C1=O. The minimum absolute atomic E-state index is 0.0260. The lowest BCUT2D eigenvalue weighted by Crippen LogP contribution is -2.33. The van der Waals surface area contributed by atoms with E-state index in [1.807, 2.05) is 19.1 Å². The summed E-state index contributed by atoms with van der Waals surface area (Å²) in [5, 5.41) is 8.72. The van der Waals surface area contributed by atoms with Crippen LogP contribution in [-0.2, 0) is 9.59 Å². The van der Waals surface area contributed by atoms with Crippen LogP contribution in [0.15, 0.2) is 18.2 Å². The van der Waals surface area contributed by atoms with Crippen molar-refractivity contribution in [3.05, 3.63) is 29.3 Å². The average Bonchev–Trinajstić information content (AvgIpc) is 3.18. The predicted molar refractivity (Wildman–Crippen MR) is 73.8 cm³/mol. The van der Waals surface area contributed by atoms with E-state index in [1.165, 1.54) is 4.90 Å². The van der Waals surface area contributed by atoms with Gasteiger partial charge in [0, 0.05) is 12.0 Å². The maximum Gasteiger partial charge on any atom is 0.237 e. The van der Waals surface area contributed by atoms with Crippen LogP contribution >= 0.6 is 0 Å². The molecule has 1 aliphatic carbocycles. The summed E-state index contributed by atoms with van der Waals surface area (Å²) >= 11 is 0. The second-order valence-corrected chi connectivity index (χ2v) is 5.24. The number of carbonyl (C=O) groups excluding carboxylic acids is 2. The lowest BCUT2D eigenvalue weighted by atomic mass is 10.1. The van der Waals surface area contributed by atoms with Crippen molar-refractivity contribution < 1.29 is 14.7 Å². The van der Waals surface area contributed by atoms with Gasteiger partial charge in [0.2, 0.25) is 11.8 Å². The molecule has 2 amide bonds. The van der Waals surface area contributed by atoms with Crippen LogP contribution in [0.1, 0.15) is 24.0 Å². The number of imide groups is 1. The lowest BCUT2D eigenvalue weighted by molar-refractivity contribution is -0.123. The molecule has 3 rings (SSSR count). The Hall–Kier alpha value is -2.12.